The molecule has 2 nitrogen and oxygen atoms in total. The molecule has 1 N–H and O–H groups in total. The van der Waals surface area contributed by atoms with E-state index in [9.17, 15) is 4.79 Å². The number of hydrogen-bond donors (Lipinski definition) is 1. The van der Waals surface area contributed by atoms with Gasteiger partial charge in [0.1, 0.15) is 0 Å². The van der Waals surface area contributed by atoms with E-state index in [0.717, 1.165) is 12.8 Å². The topological polar surface area (TPSA) is 37.3 Å². The molecule has 1 unspecified atom stereocenters. The van der Waals surface area contributed by atoms with Crippen molar-refractivity contribution in [3.63, 3.8) is 0 Å². The lowest BCUT2D eigenvalue weighted by atomic mass is 10.2. The van der Waals surface area contributed by atoms with Crippen molar-refractivity contribution < 1.29 is 9.90 Å². The van der Waals surface area contributed by atoms with Crippen LogP contribution in [0.25, 0.3) is 0 Å². The van der Waals surface area contributed by atoms with Crippen molar-refractivity contribution >= 4 is 5.78 Å². The molecule has 0 bridgehead atoms. The van der Waals surface area contributed by atoms with Crippen molar-refractivity contribution in [3.05, 3.63) is 23.8 Å². The highest BCUT2D eigenvalue weighted by atomic mass is 16.3. The number of aliphatic hydroxyl groups is 1. The largest absolute Gasteiger partial charge is 0.389 e. The fourth-order valence-electron chi connectivity index (χ4n) is 1.19. The molecule has 0 aliphatic heterocycles. The minimum Gasteiger partial charge on any atom is -0.389 e. The molecular weight excluding hydrogens is 152 g/mol. The summed E-state index contributed by atoms with van der Waals surface area (Å²) in [5.74, 6) is 0.0508. The predicted molar refractivity (Wildman–Crippen MR) is 47.8 cm³/mol. The van der Waals surface area contributed by atoms with E-state index in [1.54, 1.807) is 6.08 Å². The van der Waals surface area contributed by atoms with E-state index in [-0.39, 0.29) is 12.2 Å². The minimum absolute atomic E-state index is 0.0508. The fraction of sp³-hybridized carbons (Fsp3) is 0.500. The van der Waals surface area contributed by atoms with Crippen molar-refractivity contribution in [1.29, 1.82) is 0 Å². The van der Waals surface area contributed by atoms with Gasteiger partial charge in [0.2, 0.25) is 0 Å². The first-order valence-corrected chi connectivity index (χ1v) is 4.33. The smallest absolute Gasteiger partial charge is 0.165 e. The number of Topliss-reactive ketones (excluding diaryl/α,β-unsaturated/α-hetero) is 1. The standard InChI is InChI=1S/C10H14O2/c1-2-3-4-5-8-6-9(11)7-10(8)12/h4-6,9,11H,2-3,7H2,1H3/b5-4+. The first kappa shape index (κ1) is 9.20. The van der Waals surface area contributed by atoms with E-state index in [1.807, 2.05) is 12.2 Å². The average molecular weight is 166 g/mol. The number of hydrogen-bond acceptors (Lipinski definition) is 2. The first-order chi connectivity index (χ1) is 5.74. The molecule has 0 fully saturated rings. The number of unbranched alkanes of at least 4 members (excludes halogenated alkanes) is 1. The molecule has 0 amide bonds. The molecule has 0 aromatic carbocycles. The van der Waals surface area contributed by atoms with Gasteiger partial charge < -0.3 is 5.11 Å². The van der Waals surface area contributed by atoms with Gasteiger partial charge in [-0.25, -0.2) is 0 Å². The third kappa shape index (κ3) is 2.31. The second-order valence-corrected chi connectivity index (χ2v) is 3.01. The van der Waals surface area contributed by atoms with Gasteiger partial charge in [-0.05, 0) is 12.5 Å². The van der Waals surface area contributed by atoms with Crippen LogP contribution in [0, 0.1) is 0 Å². The molecule has 0 saturated carbocycles. The highest BCUT2D eigenvalue weighted by Gasteiger charge is 2.19. The number of aliphatic hydroxyl groups excluding tert-OH is 1. The molecule has 1 aliphatic carbocycles. The van der Waals surface area contributed by atoms with Gasteiger partial charge in [0, 0.05) is 12.0 Å². The van der Waals surface area contributed by atoms with Crippen LogP contribution in [0.4, 0.5) is 0 Å². The summed E-state index contributed by atoms with van der Waals surface area (Å²) in [6, 6.07) is 0. The second kappa shape index (κ2) is 4.21. The van der Waals surface area contributed by atoms with Crippen LogP contribution in [0.15, 0.2) is 23.8 Å². The number of carbonyl (C=O) groups excluding carboxylic acids is 1. The maximum atomic E-state index is 11.1. The van der Waals surface area contributed by atoms with Crippen molar-refractivity contribution in [1.82, 2.24) is 0 Å². The molecule has 0 radical (unpaired) electrons. The van der Waals surface area contributed by atoms with Crippen LogP contribution >= 0.6 is 0 Å². The Kier molecular flexibility index (Phi) is 3.23. The Labute approximate surface area is 72.6 Å². The van der Waals surface area contributed by atoms with E-state index < -0.39 is 6.10 Å². The number of allylic oxidation sites excluding steroid dienone is 3. The van der Waals surface area contributed by atoms with E-state index in [1.165, 1.54) is 0 Å². The average Bonchev–Trinajstić information content (AvgIpc) is 2.31. The summed E-state index contributed by atoms with van der Waals surface area (Å²) < 4.78 is 0. The predicted octanol–water partition coefficient (Wildman–Crippen LogP) is 1.60. The fourth-order valence-corrected chi connectivity index (χ4v) is 1.19. The Morgan fingerprint density at radius 3 is 3.00 bits per heavy atom. The lowest BCUT2D eigenvalue weighted by Gasteiger charge is -1.89. The molecule has 1 rings (SSSR count). The molecule has 0 aromatic rings. The Hall–Kier alpha value is -0.890. The van der Waals surface area contributed by atoms with Gasteiger partial charge in [0.25, 0.3) is 0 Å². The van der Waals surface area contributed by atoms with Gasteiger partial charge in [-0.2, -0.15) is 0 Å². The van der Waals surface area contributed by atoms with Crippen LogP contribution in [0.2, 0.25) is 0 Å². The summed E-state index contributed by atoms with van der Waals surface area (Å²) in [5.41, 5.74) is 0.663. The summed E-state index contributed by atoms with van der Waals surface area (Å²) in [6.45, 7) is 2.09. The zero-order valence-electron chi connectivity index (χ0n) is 7.29. The van der Waals surface area contributed by atoms with Crippen LogP contribution < -0.4 is 0 Å². The number of carbonyl (C=O) groups is 1. The van der Waals surface area contributed by atoms with Crippen molar-refractivity contribution in [2.24, 2.45) is 0 Å². The highest BCUT2D eigenvalue weighted by molar-refractivity contribution is 6.00. The van der Waals surface area contributed by atoms with Crippen LogP contribution in [0.5, 0.6) is 0 Å². The van der Waals surface area contributed by atoms with E-state index in [0.29, 0.717) is 5.57 Å². The Morgan fingerprint density at radius 2 is 2.50 bits per heavy atom. The lowest BCUT2D eigenvalue weighted by molar-refractivity contribution is -0.115. The lowest BCUT2D eigenvalue weighted by Crippen LogP contribution is -2.00. The zero-order valence-corrected chi connectivity index (χ0v) is 7.29. The molecule has 0 aromatic heterocycles. The van der Waals surface area contributed by atoms with Crippen LogP contribution in [-0.4, -0.2) is 17.0 Å². The van der Waals surface area contributed by atoms with Crippen LogP contribution in [0.1, 0.15) is 26.2 Å². The highest BCUT2D eigenvalue weighted by Crippen LogP contribution is 2.15. The maximum absolute atomic E-state index is 11.1. The maximum Gasteiger partial charge on any atom is 0.165 e. The number of rotatable bonds is 3. The van der Waals surface area contributed by atoms with Gasteiger partial charge in [0.05, 0.1) is 6.10 Å². The monoisotopic (exact) mass is 166 g/mol. The third-order valence-corrected chi connectivity index (χ3v) is 1.84. The zero-order chi connectivity index (χ0) is 8.97. The molecule has 1 aliphatic rings. The van der Waals surface area contributed by atoms with Gasteiger partial charge >= 0.3 is 0 Å². The second-order valence-electron chi connectivity index (χ2n) is 3.01. The SMILES string of the molecule is CCC/C=C/C1=CC(O)CC1=O. The quantitative estimate of drug-likeness (QED) is 0.691. The summed E-state index contributed by atoms with van der Waals surface area (Å²) >= 11 is 0. The summed E-state index contributed by atoms with van der Waals surface area (Å²) in [7, 11) is 0. The van der Waals surface area contributed by atoms with Crippen molar-refractivity contribution in [2.45, 2.75) is 32.3 Å². The van der Waals surface area contributed by atoms with Crippen LogP contribution in [-0.2, 0) is 4.79 Å². The molecule has 12 heavy (non-hydrogen) atoms. The number of ketones is 1. The molecule has 0 heterocycles. The molecule has 0 spiro atoms. The van der Waals surface area contributed by atoms with Crippen molar-refractivity contribution in [3.8, 4) is 0 Å². The summed E-state index contributed by atoms with van der Waals surface area (Å²) in [5, 5.41) is 9.10. The molecule has 2 heteroatoms. The minimum atomic E-state index is -0.557. The Balaban J connectivity index is 2.52. The molecular formula is C10H14O2. The van der Waals surface area contributed by atoms with Gasteiger partial charge in [-0.15, -0.1) is 0 Å². The van der Waals surface area contributed by atoms with Gasteiger partial charge in [-0.1, -0.05) is 25.5 Å². The first-order valence-electron chi connectivity index (χ1n) is 4.33. The summed E-state index contributed by atoms with van der Waals surface area (Å²) in [4.78, 5) is 11.1. The molecule has 0 saturated heterocycles. The van der Waals surface area contributed by atoms with Crippen LogP contribution in [0.3, 0.4) is 0 Å². The third-order valence-electron chi connectivity index (χ3n) is 1.84. The molecule has 1 atom stereocenters. The Morgan fingerprint density at radius 1 is 1.75 bits per heavy atom. The van der Waals surface area contributed by atoms with E-state index in [2.05, 4.69) is 6.92 Å². The normalized spacial score (nSPS) is 23.7. The van der Waals surface area contributed by atoms with E-state index >= 15 is 0 Å². The van der Waals surface area contributed by atoms with Gasteiger partial charge in [-0.3, -0.25) is 4.79 Å². The van der Waals surface area contributed by atoms with Crippen molar-refractivity contribution in [2.75, 3.05) is 0 Å². The van der Waals surface area contributed by atoms with Gasteiger partial charge in [0.15, 0.2) is 5.78 Å². The Bertz CT molecular complexity index is 226. The van der Waals surface area contributed by atoms with E-state index in [4.69, 9.17) is 5.11 Å². The molecule has 66 valence electrons. The summed E-state index contributed by atoms with van der Waals surface area (Å²) in [6.07, 6.45) is 7.17.